The van der Waals surface area contributed by atoms with Crippen LogP contribution in [0, 0.1) is 0 Å². The summed E-state index contributed by atoms with van der Waals surface area (Å²) in [5, 5.41) is 0. The van der Waals surface area contributed by atoms with Gasteiger partial charge in [0.2, 0.25) is 0 Å². The van der Waals surface area contributed by atoms with Crippen molar-refractivity contribution in [2.45, 2.75) is 6.42 Å². The van der Waals surface area contributed by atoms with Crippen LogP contribution in [0.3, 0.4) is 0 Å². The van der Waals surface area contributed by atoms with Crippen molar-refractivity contribution in [1.29, 1.82) is 0 Å². The predicted octanol–water partition coefficient (Wildman–Crippen LogP) is 1.74. The van der Waals surface area contributed by atoms with E-state index >= 15 is 0 Å². The summed E-state index contributed by atoms with van der Waals surface area (Å²) in [5.74, 6) is 0.558. The van der Waals surface area contributed by atoms with Crippen LogP contribution in [0.4, 0.5) is 10.2 Å². The van der Waals surface area contributed by atoms with Gasteiger partial charge >= 0.3 is 0 Å². The Bertz CT molecular complexity index is 334. The van der Waals surface area contributed by atoms with Crippen LogP contribution in [-0.4, -0.2) is 17.6 Å². The third-order valence-corrected chi connectivity index (χ3v) is 1.69. The first kappa shape index (κ1) is 7.91. The average Bonchev–Trinajstić information content (AvgIpc) is 2.20. The predicted molar refractivity (Wildman–Crippen MR) is 49.2 cm³/mol. The minimum Gasteiger partial charge on any atom is -0.283 e. The number of aliphatic imine (C=N–C) groups is 1. The van der Waals surface area contributed by atoms with Gasteiger partial charge in [0.15, 0.2) is 0 Å². The number of alkyl halides is 1. The lowest BCUT2D eigenvalue weighted by Gasteiger charge is -2.22. The molecule has 66 valence electrons. The molecule has 0 N–H and O–H groups in total. The molecule has 1 atom stereocenters. The number of anilines is 1. The van der Waals surface area contributed by atoms with Crippen LogP contribution in [0.25, 0.3) is 0 Å². The molecule has 0 saturated carbocycles. The van der Waals surface area contributed by atoms with Crippen LogP contribution >= 0.6 is 0 Å². The fourth-order valence-electron chi connectivity index (χ4n) is 1.09. The number of hydrogen-bond acceptors (Lipinski definition) is 3. The Balaban J connectivity index is 2.27. The topological polar surface area (TPSA) is 28.5 Å². The number of aromatic nitrogens is 1. The van der Waals surface area contributed by atoms with Crippen LogP contribution in [0.15, 0.2) is 41.7 Å². The Morgan fingerprint density at radius 1 is 1.38 bits per heavy atom. The third-order valence-electron chi connectivity index (χ3n) is 1.69. The largest absolute Gasteiger partial charge is 0.283 e. The molecule has 1 aliphatic heterocycles. The molecule has 13 heavy (non-hydrogen) atoms. The fraction of sp³-hybridized carbons (Fsp3) is 0.111. The normalized spacial score (nSPS) is 20.7. The molecule has 0 spiro atoms. The van der Waals surface area contributed by atoms with E-state index in [0.717, 1.165) is 0 Å². The standard InChI is InChI=1S/C9H8FN3/c10-9-12-6-3-7-13(9)8-4-1-2-5-11-8/h1-7,9H. The number of halogens is 1. The summed E-state index contributed by atoms with van der Waals surface area (Å²) in [6, 6.07) is 5.33. The second-order valence-corrected chi connectivity index (χ2v) is 2.55. The van der Waals surface area contributed by atoms with Crippen molar-refractivity contribution in [1.82, 2.24) is 4.98 Å². The Morgan fingerprint density at radius 3 is 3.00 bits per heavy atom. The van der Waals surface area contributed by atoms with Crippen molar-refractivity contribution in [2.75, 3.05) is 4.90 Å². The van der Waals surface area contributed by atoms with Gasteiger partial charge in [-0.25, -0.2) is 9.98 Å². The summed E-state index contributed by atoms with van der Waals surface area (Å²) in [7, 11) is 0. The molecule has 4 heteroatoms. The van der Waals surface area contributed by atoms with Crippen LogP contribution in [-0.2, 0) is 0 Å². The quantitative estimate of drug-likeness (QED) is 0.611. The van der Waals surface area contributed by atoms with E-state index in [1.54, 1.807) is 36.7 Å². The molecule has 1 aliphatic rings. The minimum absolute atomic E-state index is 0.558. The van der Waals surface area contributed by atoms with Crippen molar-refractivity contribution < 1.29 is 4.39 Å². The molecule has 0 fully saturated rings. The van der Waals surface area contributed by atoms with E-state index in [1.165, 1.54) is 11.1 Å². The zero-order chi connectivity index (χ0) is 9.10. The molecule has 0 aliphatic carbocycles. The first-order valence-corrected chi connectivity index (χ1v) is 3.91. The van der Waals surface area contributed by atoms with E-state index in [4.69, 9.17) is 0 Å². The number of allylic oxidation sites excluding steroid dienone is 1. The number of rotatable bonds is 1. The summed E-state index contributed by atoms with van der Waals surface area (Å²) in [6.07, 6.45) is 4.98. The van der Waals surface area contributed by atoms with Gasteiger partial charge in [0, 0.05) is 18.6 Å². The number of nitrogens with zero attached hydrogens (tertiary/aromatic N) is 3. The first-order chi connectivity index (χ1) is 6.38. The lowest BCUT2D eigenvalue weighted by molar-refractivity contribution is 0.349. The highest BCUT2D eigenvalue weighted by Crippen LogP contribution is 2.16. The van der Waals surface area contributed by atoms with Gasteiger partial charge in [-0.15, -0.1) is 0 Å². The Labute approximate surface area is 75.2 Å². The van der Waals surface area contributed by atoms with Crippen molar-refractivity contribution in [2.24, 2.45) is 4.99 Å². The van der Waals surface area contributed by atoms with E-state index in [0.29, 0.717) is 5.82 Å². The molecule has 0 amide bonds. The van der Waals surface area contributed by atoms with Crippen LogP contribution < -0.4 is 4.90 Å². The highest BCUT2D eigenvalue weighted by Gasteiger charge is 2.15. The molecule has 1 aromatic heterocycles. The highest BCUT2D eigenvalue weighted by molar-refractivity contribution is 5.74. The van der Waals surface area contributed by atoms with Crippen LogP contribution in [0.5, 0.6) is 0 Å². The van der Waals surface area contributed by atoms with Gasteiger partial charge in [0.1, 0.15) is 5.82 Å². The Morgan fingerprint density at radius 2 is 2.31 bits per heavy atom. The van der Waals surface area contributed by atoms with Gasteiger partial charge in [0.25, 0.3) is 6.42 Å². The van der Waals surface area contributed by atoms with Gasteiger partial charge in [-0.05, 0) is 18.2 Å². The van der Waals surface area contributed by atoms with E-state index in [1.807, 2.05) is 0 Å². The van der Waals surface area contributed by atoms with Crippen molar-refractivity contribution in [3.05, 3.63) is 36.7 Å². The summed E-state index contributed by atoms with van der Waals surface area (Å²) >= 11 is 0. The Hall–Kier alpha value is -1.71. The summed E-state index contributed by atoms with van der Waals surface area (Å²) in [5.41, 5.74) is 0. The van der Waals surface area contributed by atoms with Gasteiger partial charge in [0.05, 0.1) is 0 Å². The highest BCUT2D eigenvalue weighted by atomic mass is 19.1. The summed E-state index contributed by atoms with van der Waals surface area (Å²) in [4.78, 5) is 8.97. The molecule has 2 heterocycles. The van der Waals surface area contributed by atoms with Gasteiger partial charge in [-0.2, -0.15) is 4.39 Å². The third kappa shape index (κ3) is 1.56. The first-order valence-electron chi connectivity index (χ1n) is 3.91. The van der Waals surface area contributed by atoms with E-state index < -0.39 is 6.42 Å². The maximum atomic E-state index is 13.2. The second kappa shape index (κ2) is 3.35. The SMILES string of the molecule is FC1N=CC=CN1c1ccccn1. The van der Waals surface area contributed by atoms with Crippen molar-refractivity contribution >= 4 is 12.0 Å². The average molecular weight is 177 g/mol. The van der Waals surface area contributed by atoms with Crippen LogP contribution in [0.1, 0.15) is 0 Å². The molecule has 3 nitrogen and oxygen atoms in total. The maximum absolute atomic E-state index is 13.2. The minimum atomic E-state index is -1.36. The van der Waals surface area contributed by atoms with Gasteiger partial charge < -0.3 is 0 Å². The van der Waals surface area contributed by atoms with Crippen LogP contribution in [0.2, 0.25) is 0 Å². The smallest absolute Gasteiger partial charge is 0.271 e. The molecule has 0 aromatic carbocycles. The van der Waals surface area contributed by atoms with Crippen molar-refractivity contribution in [3.63, 3.8) is 0 Å². The number of hydrogen-bond donors (Lipinski definition) is 0. The zero-order valence-corrected chi connectivity index (χ0v) is 6.84. The fourth-order valence-corrected chi connectivity index (χ4v) is 1.09. The number of pyridine rings is 1. The summed E-state index contributed by atoms with van der Waals surface area (Å²) in [6.45, 7) is 0. The Kier molecular flexibility index (Phi) is 2.04. The lowest BCUT2D eigenvalue weighted by Crippen LogP contribution is -2.27. The molecule has 0 bridgehead atoms. The molecular weight excluding hydrogens is 169 g/mol. The van der Waals surface area contributed by atoms with E-state index in [9.17, 15) is 4.39 Å². The molecule has 2 rings (SSSR count). The molecule has 0 radical (unpaired) electrons. The lowest BCUT2D eigenvalue weighted by atomic mass is 10.4. The molecular formula is C9H8FN3. The van der Waals surface area contributed by atoms with Crippen molar-refractivity contribution in [3.8, 4) is 0 Å². The zero-order valence-electron chi connectivity index (χ0n) is 6.84. The van der Waals surface area contributed by atoms with Gasteiger partial charge in [-0.3, -0.25) is 4.90 Å². The maximum Gasteiger partial charge on any atom is 0.271 e. The molecule has 0 saturated heterocycles. The van der Waals surface area contributed by atoms with E-state index in [-0.39, 0.29) is 0 Å². The van der Waals surface area contributed by atoms with E-state index in [2.05, 4.69) is 9.98 Å². The second-order valence-electron chi connectivity index (χ2n) is 2.55. The van der Waals surface area contributed by atoms with Gasteiger partial charge in [-0.1, -0.05) is 6.07 Å². The molecule has 1 unspecified atom stereocenters. The summed E-state index contributed by atoms with van der Waals surface area (Å²) < 4.78 is 13.2. The monoisotopic (exact) mass is 177 g/mol. The molecule has 1 aromatic rings.